The first-order chi connectivity index (χ1) is 8.52. The van der Waals surface area contributed by atoms with Gasteiger partial charge in [0.2, 0.25) is 10.1 Å². The molecule has 0 spiro atoms. The van der Waals surface area contributed by atoms with Crippen molar-refractivity contribution in [3.05, 3.63) is 5.01 Å². The molecule has 1 aliphatic rings. The van der Waals surface area contributed by atoms with Crippen molar-refractivity contribution in [3.63, 3.8) is 0 Å². The minimum atomic E-state index is -3.01. The molecule has 1 N–H and O–H groups in total. The largest absolute Gasteiger partial charge is 0.363 e. The van der Waals surface area contributed by atoms with Crippen molar-refractivity contribution in [2.24, 2.45) is 0 Å². The second-order valence-corrected chi connectivity index (χ2v) is 7.24. The Morgan fingerprint density at radius 1 is 1.33 bits per heavy atom. The van der Waals surface area contributed by atoms with Gasteiger partial charge in [-0.3, -0.25) is 4.79 Å². The van der Waals surface area contributed by atoms with Crippen LogP contribution in [0.3, 0.4) is 0 Å². The summed E-state index contributed by atoms with van der Waals surface area (Å²) in [5, 5.41) is 11.3. The number of rotatable bonds is 2. The van der Waals surface area contributed by atoms with E-state index in [1.807, 2.05) is 0 Å². The zero-order chi connectivity index (χ0) is 13.2. The summed E-state index contributed by atoms with van der Waals surface area (Å²) >= 11 is 1.17. The Labute approximate surface area is 109 Å². The van der Waals surface area contributed by atoms with Crippen molar-refractivity contribution in [3.8, 4) is 0 Å². The summed E-state index contributed by atoms with van der Waals surface area (Å²) in [6.07, 6.45) is 0.478. The Morgan fingerprint density at radius 2 is 2.11 bits per heavy atom. The van der Waals surface area contributed by atoms with Gasteiger partial charge in [-0.05, 0) is 6.42 Å². The predicted molar refractivity (Wildman–Crippen MR) is 68.6 cm³/mol. The molecule has 2 heterocycles. The maximum Gasteiger partial charge on any atom is 0.284 e. The molecule has 1 amide bonds. The van der Waals surface area contributed by atoms with Gasteiger partial charge in [-0.1, -0.05) is 11.3 Å². The molecule has 0 radical (unpaired) electrons. The van der Waals surface area contributed by atoms with E-state index >= 15 is 0 Å². The number of amides is 1. The van der Waals surface area contributed by atoms with Crippen molar-refractivity contribution in [1.82, 2.24) is 15.1 Å². The van der Waals surface area contributed by atoms with Crippen molar-refractivity contribution < 1.29 is 13.2 Å². The average molecular weight is 290 g/mol. The first kappa shape index (κ1) is 13.2. The first-order valence-electron chi connectivity index (χ1n) is 5.53. The molecule has 1 fully saturated rings. The highest BCUT2D eigenvalue weighted by Gasteiger charge is 2.25. The van der Waals surface area contributed by atoms with E-state index in [-0.39, 0.29) is 24.0 Å². The number of carbonyl (C=O) groups excluding carboxylic acids is 1. The highest BCUT2D eigenvalue weighted by atomic mass is 32.2. The molecule has 9 heteroatoms. The molecule has 1 aliphatic heterocycles. The van der Waals surface area contributed by atoms with Crippen molar-refractivity contribution >= 4 is 32.2 Å². The fourth-order valence-corrected chi connectivity index (χ4v) is 3.62. The van der Waals surface area contributed by atoms with E-state index in [9.17, 15) is 13.2 Å². The van der Waals surface area contributed by atoms with Crippen molar-refractivity contribution in [1.29, 1.82) is 0 Å². The average Bonchev–Trinajstić information content (AvgIpc) is 2.74. The Hall–Kier alpha value is -1.22. The number of nitrogens with zero attached hydrogens (tertiary/aromatic N) is 3. The van der Waals surface area contributed by atoms with E-state index in [2.05, 4.69) is 15.5 Å². The lowest BCUT2D eigenvalue weighted by atomic mass is 10.4. The Balaban J connectivity index is 2.09. The zero-order valence-electron chi connectivity index (χ0n) is 9.92. The third-order valence-corrected chi connectivity index (χ3v) is 5.31. The summed E-state index contributed by atoms with van der Waals surface area (Å²) in [4.78, 5) is 13.6. The van der Waals surface area contributed by atoms with Crippen LogP contribution in [-0.2, 0) is 9.84 Å². The summed E-state index contributed by atoms with van der Waals surface area (Å²) in [6, 6.07) is 0. The van der Waals surface area contributed by atoms with Gasteiger partial charge in [0.1, 0.15) is 0 Å². The van der Waals surface area contributed by atoms with Crippen LogP contribution in [0.4, 0.5) is 5.13 Å². The number of hydrogen-bond donors (Lipinski definition) is 1. The number of nitrogens with one attached hydrogen (secondary N) is 1. The van der Waals surface area contributed by atoms with Gasteiger partial charge in [0, 0.05) is 20.1 Å². The summed E-state index contributed by atoms with van der Waals surface area (Å²) < 4.78 is 22.9. The Kier molecular flexibility index (Phi) is 3.81. The molecule has 0 aliphatic carbocycles. The van der Waals surface area contributed by atoms with Crippen LogP contribution in [0.1, 0.15) is 16.2 Å². The van der Waals surface area contributed by atoms with Gasteiger partial charge in [0.15, 0.2) is 9.84 Å². The molecule has 1 saturated heterocycles. The van der Waals surface area contributed by atoms with Gasteiger partial charge in [-0.15, -0.1) is 10.2 Å². The Bertz CT molecular complexity index is 540. The molecule has 18 heavy (non-hydrogen) atoms. The molecular formula is C9H14N4O3S2. The molecular weight excluding hydrogens is 276 g/mol. The molecule has 0 unspecified atom stereocenters. The van der Waals surface area contributed by atoms with Crippen LogP contribution in [0.5, 0.6) is 0 Å². The molecule has 1 aromatic heterocycles. The van der Waals surface area contributed by atoms with E-state index in [0.717, 1.165) is 0 Å². The van der Waals surface area contributed by atoms with E-state index in [4.69, 9.17) is 0 Å². The molecule has 0 aromatic carbocycles. The third-order valence-electron chi connectivity index (χ3n) is 2.66. The number of hydrogen-bond acceptors (Lipinski definition) is 7. The van der Waals surface area contributed by atoms with Crippen LogP contribution in [0.2, 0.25) is 0 Å². The summed E-state index contributed by atoms with van der Waals surface area (Å²) in [7, 11) is -1.30. The fraction of sp³-hybridized carbons (Fsp3) is 0.667. The Morgan fingerprint density at radius 3 is 2.78 bits per heavy atom. The lowest BCUT2D eigenvalue weighted by Gasteiger charge is -2.17. The van der Waals surface area contributed by atoms with Gasteiger partial charge in [-0.25, -0.2) is 8.42 Å². The number of anilines is 1. The minimum Gasteiger partial charge on any atom is -0.363 e. The summed E-state index contributed by atoms with van der Waals surface area (Å²) in [5.41, 5.74) is 0. The number of carbonyl (C=O) groups is 1. The monoisotopic (exact) mass is 290 g/mol. The van der Waals surface area contributed by atoms with Crippen LogP contribution in [0.25, 0.3) is 0 Å². The highest BCUT2D eigenvalue weighted by Crippen LogP contribution is 2.17. The van der Waals surface area contributed by atoms with E-state index in [1.54, 1.807) is 7.05 Å². The summed E-state index contributed by atoms with van der Waals surface area (Å²) in [5.74, 6) is -0.0726. The van der Waals surface area contributed by atoms with Gasteiger partial charge in [-0.2, -0.15) is 0 Å². The van der Waals surface area contributed by atoms with Crippen LogP contribution < -0.4 is 5.32 Å². The predicted octanol–water partition coefficient (Wildman–Crippen LogP) is -0.160. The SMILES string of the molecule is CNc1nnc(C(=O)N2CCCS(=O)(=O)CC2)s1. The van der Waals surface area contributed by atoms with E-state index in [1.165, 1.54) is 16.2 Å². The fourth-order valence-electron chi connectivity index (χ4n) is 1.69. The third kappa shape index (κ3) is 2.96. The second-order valence-electron chi connectivity index (χ2n) is 3.96. The number of sulfone groups is 1. The lowest BCUT2D eigenvalue weighted by Crippen LogP contribution is -2.33. The zero-order valence-corrected chi connectivity index (χ0v) is 11.6. The smallest absolute Gasteiger partial charge is 0.284 e. The standard InChI is InChI=1S/C9H14N4O3S2/c1-10-9-12-11-7(17-9)8(14)13-3-2-5-18(15,16)6-4-13/h2-6H2,1H3,(H,10,12). The van der Waals surface area contributed by atoms with Gasteiger partial charge in [0.05, 0.1) is 11.5 Å². The normalized spacial score (nSPS) is 19.3. The molecule has 100 valence electrons. The second kappa shape index (κ2) is 5.19. The van der Waals surface area contributed by atoms with Crippen LogP contribution in [0, 0.1) is 0 Å². The maximum absolute atomic E-state index is 12.1. The van der Waals surface area contributed by atoms with E-state index in [0.29, 0.717) is 23.1 Å². The van der Waals surface area contributed by atoms with Crippen LogP contribution in [-0.4, -0.2) is 61.1 Å². The lowest BCUT2D eigenvalue weighted by molar-refractivity contribution is 0.0767. The van der Waals surface area contributed by atoms with Crippen molar-refractivity contribution in [2.45, 2.75) is 6.42 Å². The highest BCUT2D eigenvalue weighted by molar-refractivity contribution is 7.91. The van der Waals surface area contributed by atoms with Gasteiger partial charge in [0.25, 0.3) is 5.91 Å². The molecule has 0 bridgehead atoms. The molecule has 0 atom stereocenters. The van der Waals surface area contributed by atoms with E-state index < -0.39 is 9.84 Å². The van der Waals surface area contributed by atoms with Crippen LogP contribution >= 0.6 is 11.3 Å². The first-order valence-corrected chi connectivity index (χ1v) is 8.16. The molecule has 2 rings (SSSR count). The molecule has 1 aromatic rings. The quantitative estimate of drug-likeness (QED) is 0.813. The molecule has 7 nitrogen and oxygen atoms in total. The van der Waals surface area contributed by atoms with Gasteiger partial charge < -0.3 is 10.2 Å². The van der Waals surface area contributed by atoms with Crippen LogP contribution in [0.15, 0.2) is 0 Å². The number of aromatic nitrogens is 2. The maximum atomic E-state index is 12.1. The molecule has 0 saturated carbocycles. The van der Waals surface area contributed by atoms with Gasteiger partial charge >= 0.3 is 0 Å². The minimum absolute atomic E-state index is 0.0242. The summed E-state index contributed by atoms with van der Waals surface area (Å²) in [6.45, 7) is 0.683. The topological polar surface area (TPSA) is 92.3 Å². The van der Waals surface area contributed by atoms with Crippen molar-refractivity contribution in [2.75, 3.05) is 37.0 Å².